The number of rotatable bonds is 4. The third kappa shape index (κ3) is 4.44. The molecule has 0 N–H and O–H groups in total. The maximum absolute atomic E-state index is 12.2. The van der Waals surface area contributed by atoms with Crippen LogP contribution in [-0.2, 0) is 4.74 Å². The molecule has 0 radical (unpaired) electrons. The fourth-order valence-electron chi connectivity index (χ4n) is 2.70. The van der Waals surface area contributed by atoms with Crippen LogP contribution >= 0.6 is 0 Å². The van der Waals surface area contributed by atoms with Crippen LogP contribution in [-0.4, -0.2) is 54.1 Å². The Morgan fingerprint density at radius 1 is 1.25 bits per heavy atom. The first-order chi connectivity index (χ1) is 11.2. The molecule has 1 saturated heterocycles. The van der Waals surface area contributed by atoms with Crippen LogP contribution in [0.15, 0.2) is 18.2 Å². The molecule has 1 aliphatic heterocycles. The van der Waals surface area contributed by atoms with Gasteiger partial charge in [-0.3, -0.25) is 10.1 Å². The first-order valence-electron chi connectivity index (χ1n) is 8.20. The number of benzene rings is 1. The van der Waals surface area contributed by atoms with Crippen molar-refractivity contribution in [2.45, 2.75) is 33.3 Å². The lowest BCUT2D eigenvalue weighted by molar-refractivity contribution is -0.385. The van der Waals surface area contributed by atoms with Gasteiger partial charge in [-0.2, -0.15) is 0 Å². The SMILES string of the molecule is CCN1CCN(c2ccc(C(=O)OC(C)(C)C)c([N+](=O)[O-])c2)CC1. The van der Waals surface area contributed by atoms with Gasteiger partial charge in [0.05, 0.1) is 4.92 Å². The summed E-state index contributed by atoms with van der Waals surface area (Å²) in [4.78, 5) is 27.5. The molecule has 0 aliphatic carbocycles. The van der Waals surface area contributed by atoms with Gasteiger partial charge in [-0.15, -0.1) is 0 Å². The smallest absolute Gasteiger partial charge is 0.345 e. The summed E-state index contributed by atoms with van der Waals surface area (Å²) >= 11 is 0. The molecule has 0 saturated carbocycles. The van der Waals surface area contributed by atoms with Gasteiger partial charge in [-0.25, -0.2) is 4.79 Å². The van der Waals surface area contributed by atoms with Crippen molar-refractivity contribution in [3.05, 3.63) is 33.9 Å². The van der Waals surface area contributed by atoms with E-state index in [0.29, 0.717) is 0 Å². The number of hydrogen-bond donors (Lipinski definition) is 0. The van der Waals surface area contributed by atoms with Crippen molar-refractivity contribution in [3.63, 3.8) is 0 Å². The summed E-state index contributed by atoms with van der Waals surface area (Å²) in [5.41, 5.74) is -0.143. The quantitative estimate of drug-likeness (QED) is 0.478. The van der Waals surface area contributed by atoms with Crippen molar-refractivity contribution in [1.29, 1.82) is 0 Å². The molecule has 0 atom stereocenters. The van der Waals surface area contributed by atoms with Gasteiger partial charge >= 0.3 is 5.97 Å². The molecule has 0 unspecified atom stereocenters. The molecule has 1 fully saturated rings. The number of nitro groups is 1. The minimum absolute atomic E-state index is 0.00845. The number of carbonyl (C=O) groups excluding carboxylic acids is 1. The molecule has 7 nitrogen and oxygen atoms in total. The van der Waals surface area contributed by atoms with Crippen LogP contribution in [0.2, 0.25) is 0 Å². The minimum Gasteiger partial charge on any atom is -0.456 e. The first-order valence-corrected chi connectivity index (χ1v) is 8.20. The average molecular weight is 335 g/mol. The van der Waals surface area contributed by atoms with E-state index in [9.17, 15) is 14.9 Å². The highest BCUT2D eigenvalue weighted by Gasteiger charge is 2.27. The third-order valence-corrected chi connectivity index (χ3v) is 3.98. The van der Waals surface area contributed by atoms with Gasteiger partial charge < -0.3 is 14.5 Å². The lowest BCUT2D eigenvalue weighted by atomic mass is 10.1. The molecule has 1 aliphatic rings. The zero-order valence-electron chi connectivity index (χ0n) is 14.7. The zero-order chi connectivity index (χ0) is 17.9. The fraction of sp³-hybridized carbons (Fsp3) is 0.588. The molecule has 0 amide bonds. The Labute approximate surface area is 142 Å². The van der Waals surface area contributed by atoms with E-state index < -0.39 is 16.5 Å². The summed E-state index contributed by atoms with van der Waals surface area (Å²) in [7, 11) is 0. The largest absolute Gasteiger partial charge is 0.456 e. The van der Waals surface area contributed by atoms with Gasteiger partial charge in [-0.05, 0) is 39.4 Å². The van der Waals surface area contributed by atoms with Crippen LogP contribution in [0.4, 0.5) is 11.4 Å². The summed E-state index contributed by atoms with van der Waals surface area (Å²) in [6.45, 7) is 11.8. The van der Waals surface area contributed by atoms with Crippen LogP contribution in [0.5, 0.6) is 0 Å². The number of nitrogens with zero attached hydrogens (tertiary/aromatic N) is 3. The number of ether oxygens (including phenoxy) is 1. The van der Waals surface area contributed by atoms with Crippen molar-refractivity contribution in [2.75, 3.05) is 37.6 Å². The van der Waals surface area contributed by atoms with E-state index in [1.54, 1.807) is 26.8 Å². The van der Waals surface area contributed by atoms with E-state index in [1.807, 2.05) is 0 Å². The Morgan fingerprint density at radius 3 is 2.38 bits per heavy atom. The molecule has 24 heavy (non-hydrogen) atoms. The molecule has 2 rings (SSSR count). The second kappa shape index (κ2) is 7.17. The van der Waals surface area contributed by atoms with Crippen molar-refractivity contribution in [1.82, 2.24) is 4.90 Å². The highest BCUT2D eigenvalue weighted by Crippen LogP contribution is 2.28. The van der Waals surface area contributed by atoms with Crippen molar-refractivity contribution in [3.8, 4) is 0 Å². The van der Waals surface area contributed by atoms with Gasteiger partial charge in [0.1, 0.15) is 11.2 Å². The molecule has 0 spiro atoms. The Bertz CT molecular complexity index is 617. The fourth-order valence-corrected chi connectivity index (χ4v) is 2.70. The average Bonchev–Trinajstić information content (AvgIpc) is 2.52. The molecule has 1 heterocycles. The predicted octanol–water partition coefficient (Wildman–Crippen LogP) is 2.69. The number of likely N-dealkylation sites (N-methyl/N-ethyl adjacent to an activating group) is 1. The van der Waals surface area contributed by atoms with Crippen LogP contribution in [0.1, 0.15) is 38.1 Å². The van der Waals surface area contributed by atoms with E-state index in [1.165, 1.54) is 12.1 Å². The van der Waals surface area contributed by atoms with Crippen LogP contribution < -0.4 is 4.90 Å². The van der Waals surface area contributed by atoms with Crippen molar-refractivity contribution < 1.29 is 14.5 Å². The first kappa shape index (κ1) is 18.2. The Morgan fingerprint density at radius 2 is 1.88 bits per heavy atom. The van der Waals surface area contributed by atoms with Gasteiger partial charge in [-0.1, -0.05) is 6.92 Å². The predicted molar refractivity (Wildman–Crippen MR) is 92.6 cm³/mol. The van der Waals surface area contributed by atoms with Crippen molar-refractivity contribution >= 4 is 17.3 Å². The number of esters is 1. The Kier molecular flexibility index (Phi) is 5.43. The molecular weight excluding hydrogens is 310 g/mol. The lowest BCUT2D eigenvalue weighted by Gasteiger charge is -2.35. The van der Waals surface area contributed by atoms with Crippen LogP contribution in [0.3, 0.4) is 0 Å². The summed E-state index contributed by atoms with van der Waals surface area (Å²) < 4.78 is 5.26. The van der Waals surface area contributed by atoms with Crippen molar-refractivity contribution in [2.24, 2.45) is 0 Å². The highest BCUT2D eigenvalue weighted by molar-refractivity contribution is 5.95. The van der Waals surface area contributed by atoms with E-state index in [-0.39, 0.29) is 11.3 Å². The van der Waals surface area contributed by atoms with Gasteiger partial charge in [0, 0.05) is 37.9 Å². The maximum Gasteiger partial charge on any atom is 0.345 e. The number of hydrogen-bond acceptors (Lipinski definition) is 6. The monoisotopic (exact) mass is 335 g/mol. The highest BCUT2D eigenvalue weighted by atomic mass is 16.6. The Hall–Kier alpha value is -2.15. The summed E-state index contributed by atoms with van der Waals surface area (Å²) in [5.74, 6) is -0.670. The molecule has 0 bridgehead atoms. The maximum atomic E-state index is 12.2. The molecule has 0 aromatic heterocycles. The normalized spacial score (nSPS) is 16.1. The van der Waals surface area contributed by atoms with E-state index in [2.05, 4.69) is 16.7 Å². The van der Waals surface area contributed by atoms with E-state index >= 15 is 0 Å². The standard InChI is InChI=1S/C17H25N3O4/c1-5-18-8-10-19(11-9-18)13-6-7-14(15(12-13)20(22)23)16(21)24-17(2,3)4/h6-7,12H,5,8-11H2,1-4H3. The van der Waals surface area contributed by atoms with E-state index in [4.69, 9.17) is 4.74 Å². The second-order valence-electron chi connectivity index (χ2n) is 6.88. The number of anilines is 1. The van der Waals surface area contributed by atoms with Gasteiger partial charge in [0.15, 0.2) is 0 Å². The van der Waals surface area contributed by atoms with Crippen LogP contribution in [0, 0.1) is 10.1 Å². The topological polar surface area (TPSA) is 75.9 Å². The van der Waals surface area contributed by atoms with Crippen LogP contribution in [0.25, 0.3) is 0 Å². The molecule has 7 heteroatoms. The molecule has 1 aromatic carbocycles. The minimum atomic E-state index is -0.694. The molecule has 132 valence electrons. The molecular formula is C17H25N3O4. The number of piperazine rings is 1. The second-order valence-corrected chi connectivity index (χ2v) is 6.88. The summed E-state index contributed by atoms with van der Waals surface area (Å²) in [5, 5.41) is 11.4. The lowest BCUT2D eigenvalue weighted by Crippen LogP contribution is -2.46. The van der Waals surface area contributed by atoms with Gasteiger partial charge in [0.2, 0.25) is 0 Å². The summed E-state index contributed by atoms with van der Waals surface area (Å²) in [6, 6.07) is 4.72. The molecule has 1 aromatic rings. The van der Waals surface area contributed by atoms with Gasteiger partial charge in [0.25, 0.3) is 5.69 Å². The number of nitro benzene ring substituents is 1. The number of carbonyl (C=O) groups is 1. The summed E-state index contributed by atoms with van der Waals surface area (Å²) in [6.07, 6.45) is 0. The van der Waals surface area contributed by atoms with E-state index in [0.717, 1.165) is 38.4 Å². The third-order valence-electron chi connectivity index (χ3n) is 3.98. The zero-order valence-corrected chi connectivity index (χ0v) is 14.7. The Balaban J connectivity index is 2.24.